The molecule has 0 radical (unpaired) electrons. The van der Waals surface area contributed by atoms with Crippen LogP contribution in [0.3, 0.4) is 0 Å². The summed E-state index contributed by atoms with van der Waals surface area (Å²) in [4.78, 5) is 28.1. The van der Waals surface area contributed by atoms with Crippen LogP contribution < -0.4 is 16.4 Å². The smallest absolute Gasteiger partial charge is 0.248 e. The molecule has 0 saturated carbocycles. The Balaban J connectivity index is 1.24. The van der Waals surface area contributed by atoms with Crippen molar-refractivity contribution in [3.05, 3.63) is 95.8 Å². The number of anilines is 3. The van der Waals surface area contributed by atoms with Crippen molar-refractivity contribution >= 4 is 35.0 Å². The lowest BCUT2D eigenvalue weighted by molar-refractivity contribution is -0.117. The fraction of sp³-hybridized carbons (Fsp3) is 0.290. The van der Waals surface area contributed by atoms with E-state index in [9.17, 15) is 14.0 Å². The van der Waals surface area contributed by atoms with Gasteiger partial charge >= 0.3 is 0 Å². The third kappa shape index (κ3) is 6.90. The van der Waals surface area contributed by atoms with Crippen LogP contribution in [0.1, 0.15) is 36.3 Å². The summed E-state index contributed by atoms with van der Waals surface area (Å²) in [5.74, 6) is -1.13. The fourth-order valence-corrected chi connectivity index (χ4v) is 5.26. The maximum atomic E-state index is 13.3. The van der Waals surface area contributed by atoms with Crippen molar-refractivity contribution in [3.63, 3.8) is 0 Å². The molecule has 2 aliphatic heterocycles. The van der Waals surface area contributed by atoms with E-state index in [0.29, 0.717) is 35.6 Å². The zero-order valence-electron chi connectivity index (χ0n) is 21.7. The Hall–Kier alpha value is -4.01. The van der Waals surface area contributed by atoms with Crippen LogP contribution in [-0.4, -0.2) is 48.6 Å². The van der Waals surface area contributed by atoms with Gasteiger partial charge in [-0.1, -0.05) is 36.4 Å². The highest BCUT2D eigenvalue weighted by molar-refractivity contribution is 6.03. The first-order chi connectivity index (χ1) is 18.9. The second-order valence-corrected chi connectivity index (χ2v) is 10.1. The van der Waals surface area contributed by atoms with Gasteiger partial charge in [-0.05, 0) is 79.4 Å². The summed E-state index contributed by atoms with van der Waals surface area (Å²) in [5.41, 5.74) is 9.23. The Morgan fingerprint density at radius 3 is 2.51 bits per heavy atom. The minimum absolute atomic E-state index is 0.129. The summed E-state index contributed by atoms with van der Waals surface area (Å²) in [6.45, 7) is 2.68. The van der Waals surface area contributed by atoms with E-state index < -0.39 is 0 Å². The van der Waals surface area contributed by atoms with Crippen molar-refractivity contribution < 1.29 is 18.7 Å². The number of hydrogen-bond donors (Lipinski definition) is 3. The number of nitrogen functional groups attached to an aromatic ring is 1. The highest BCUT2D eigenvalue weighted by atomic mass is 19.1. The molecule has 3 aromatic carbocycles. The standard InChI is InChI=1S/C31H33FN4O3/c32-23-12-14-24(15-13-23)34-31(38)27(4-3-17-36-19-26-18-25(36)20-39-26)22-10-7-21(8-11-22)9-16-30(37)35-29-6-2-1-5-28(29)33/h1-2,5-16,25-27H,3-4,17-20,33H2,(H,34,38)(H,35,37). The van der Waals surface area contributed by atoms with Crippen LogP contribution in [-0.2, 0) is 14.3 Å². The molecular formula is C31H33FN4O3. The summed E-state index contributed by atoms with van der Waals surface area (Å²) < 4.78 is 19.0. The number of likely N-dealkylation sites (tertiary alicyclic amines) is 1. The number of para-hydroxylation sites is 2. The van der Waals surface area contributed by atoms with Gasteiger partial charge in [0.1, 0.15) is 5.82 Å². The summed E-state index contributed by atoms with van der Waals surface area (Å²) in [5, 5.41) is 5.71. The molecule has 202 valence electrons. The molecule has 4 N–H and O–H groups in total. The number of rotatable bonds is 10. The van der Waals surface area contributed by atoms with Crippen LogP contribution in [0.4, 0.5) is 21.5 Å². The SMILES string of the molecule is Nc1ccccc1NC(=O)C=Cc1ccc(C(CCCN2CC3CC2CO3)C(=O)Nc2ccc(F)cc2)cc1. The molecule has 0 aromatic heterocycles. The molecular weight excluding hydrogens is 495 g/mol. The highest BCUT2D eigenvalue weighted by Gasteiger charge is 2.38. The van der Waals surface area contributed by atoms with E-state index in [0.717, 1.165) is 43.7 Å². The number of morpholine rings is 1. The maximum absolute atomic E-state index is 13.3. The van der Waals surface area contributed by atoms with Crippen LogP contribution in [0.2, 0.25) is 0 Å². The number of nitrogens with zero attached hydrogens (tertiary/aromatic N) is 1. The molecule has 2 amide bonds. The second kappa shape index (κ2) is 12.2. The topological polar surface area (TPSA) is 96.7 Å². The number of ether oxygens (including phenoxy) is 1. The third-order valence-electron chi connectivity index (χ3n) is 7.36. The molecule has 2 heterocycles. The van der Waals surface area contributed by atoms with Gasteiger partial charge in [0.15, 0.2) is 0 Å². The first-order valence-electron chi connectivity index (χ1n) is 13.3. The largest absolute Gasteiger partial charge is 0.397 e. The van der Waals surface area contributed by atoms with Crippen LogP contribution >= 0.6 is 0 Å². The number of amides is 2. The summed E-state index contributed by atoms with van der Waals surface area (Å²) in [6, 6.07) is 21.0. The Kier molecular flexibility index (Phi) is 8.34. The van der Waals surface area contributed by atoms with Gasteiger partial charge in [-0.25, -0.2) is 4.39 Å². The Bertz CT molecular complexity index is 1330. The fourth-order valence-electron chi connectivity index (χ4n) is 5.26. The van der Waals surface area contributed by atoms with Gasteiger partial charge in [-0.2, -0.15) is 0 Å². The van der Waals surface area contributed by atoms with Crippen LogP contribution in [0.25, 0.3) is 6.08 Å². The van der Waals surface area contributed by atoms with Crippen LogP contribution in [0, 0.1) is 5.82 Å². The first-order valence-corrected chi connectivity index (χ1v) is 13.3. The maximum Gasteiger partial charge on any atom is 0.248 e. The molecule has 2 saturated heterocycles. The zero-order valence-corrected chi connectivity index (χ0v) is 21.7. The average Bonchev–Trinajstić information content (AvgIpc) is 3.57. The van der Waals surface area contributed by atoms with Gasteiger partial charge in [0.25, 0.3) is 0 Å². The molecule has 0 spiro atoms. The molecule has 7 nitrogen and oxygen atoms in total. The molecule has 5 rings (SSSR count). The molecule has 2 fully saturated rings. The normalized spacial score (nSPS) is 19.3. The Morgan fingerprint density at radius 1 is 1.05 bits per heavy atom. The number of nitrogens with one attached hydrogen (secondary N) is 2. The van der Waals surface area contributed by atoms with Crippen LogP contribution in [0.15, 0.2) is 78.9 Å². The predicted molar refractivity (Wildman–Crippen MR) is 152 cm³/mol. The molecule has 3 unspecified atom stereocenters. The van der Waals surface area contributed by atoms with E-state index in [-0.39, 0.29) is 23.5 Å². The number of halogens is 1. The van der Waals surface area contributed by atoms with E-state index in [4.69, 9.17) is 10.5 Å². The number of carbonyl (C=O) groups excluding carboxylic acids is 2. The van der Waals surface area contributed by atoms with Crippen molar-refractivity contribution in [1.82, 2.24) is 4.90 Å². The Labute approximate surface area is 227 Å². The number of benzene rings is 3. The van der Waals surface area contributed by atoms with Gasteiger partial charge in [0.2, 0.25) is 11.8 Å². The van der Waals surface area contributed by atoms with E-state index in [1.807, 2.05) is 24.3 Å². The van der Waals surface area contributed by atoms with Gasteiger partial charge in [0.05, 0.1) is 30.0 Å². The Morgan fingerprint density at radius 2 is 1.82 bits per heavy atom. The zero-order chi connectivity index (χ0) is 27.2. The van der Waals surface area contributed by atoms with Gasteiger partial charge in [-0.15, -0.1) is 0 Å². The quantitative estimate of drug-likeness (QED) is 0.253. The lowest BCUT2D eigenvalue weighted by Crippen LogP contribution is -2.37. The lowest BCUT2D eigenvalue weighted by atomic mass is 9.92. The number of carbonyl (C=O) groups is 2. The molecule has 39 heavy (non-hydrogen) atoms. The van der Waals surface area contributed by atoms with Crippen LogP contribution in [0.5, 0.6) is 0 Å². The first kappa shape index (κ1) is 26.6. The molecule has 2 aliphatic rings. The summed E-state index contributed by atoms with van der Waals surface area (Å²) in [7, 11) is 0. The molecule has 0 aliphatic carbocycles. The second-order valence-electron chi connectivity index (χ2n) is 10.1. The van der Waals surface area contributed by atoms with Gasteiger partial charge in [-0.3, -0.25) is 14.5 Å². The lowest BCUT2D eigenvalue weighted by Gasteiger charge is -2.27. The van der Waals surface area contributed by atoms with Gasteiger partial charge < -0.3 is 21.1 Å². The number of fused-ring (bicyclic) bond motifs is 2. The van der Waals surface area contributed by atoms with Crippen molar-refractivity contribution in [3.8, 4) is 0 Å². The third-order valence-corrected chi connectivity index (χ3v) is 7.36. The summed E-state index contributed by atoms with van der Waals surface area (Å²) >= 11 is 0. The van der Waals surface area contributed by atoms with E-state index in [1.54, 1.807) is 42.5 Å². The molecule has 2 bridgehead atoms. The molecule has 3 aromatic rings. The van der Waals surface area contributed by atoms with E-state index in [1.165, 1.54) is 18.2 Å². The van der Waals surface area contributed by atoms with Crippen molar-refractivity contribution in [1.29, 1.82) is 0 Å². The number of nitrogens with two attached hydrogens (primary N) is 1. The molecule has 8 heteroatoms. The van der Waals surface area contributed by atoms with Crippen molar-refractivity contribution in [2.45, 2.75) is 37.3 Å². The highest BCUT2D eigenvalue weighted by Crippen LogP contribution is 2.30. The predicted octanol–water partition coefficient (Wildman–Crippen LogP) is 5.04. The minimum atomic E-state index is -0.367. The molecule has 3 atom stereocenters. The average molecular weight is 529 g/mol. The van der Waals surface area contributed by atoms with Crippen molar-refractivity contribution in [2.24, 2.45) is 0 Å². The summed E-state index contributed by atoms with van der Waals surface area (Å²) in [6.07, 6.45) is 6.16. The monoisotopic (exact) mass is 528 g/mol. The van der Waals surface area contributed by atoms with Crippen molar-refractivity contribution in [2.75, 3.05) is 36.1 Å². The number of hydrogen-bond acceptors (Lipinski definition) is 5. The van der Waals surface area contributed by atoms with E-state index in [2.05, 4.69) is 15.5 Å². The van der Waals surface area contributed by atoms with E-state index >= 15 is 0 Å². The van der Waals surface area contributed by atoms with Gasteiger partial charge in [0, 0.05) is 24.4 Å². The minimum Gasteiger partial charge on any atom is -0.397 e.